The minimum absolute atomic E-state index is 0.0128. The van der Waals surface area contributed by atoms with Crippen LogP contribution < -0.4 is 9.50 Å². The van der Waals surface area contributed by atoms with Crippen LogP contribution in [0.3, 0.4) is 0 Å². The number of hydrogen-bond acceptors (Lipinski definition) is 8. The number of hydrogen-bond donors (Lipinski definition) is 1. The number of amides is 2. The molecule has 2 aromatic carbocycles. The minimum atomic E-state index is -4.22. The molecule has 0 spiro atoms. The summed E-state index contributed by atoms with van der Waals surface area (Å²) in [6.07, 6.45) is 1.48. The fraction of sp³-hybridized carbons (Fsp3) is 0.0556. The molecule has 0 bridgehead atoms. The summed E-state index contributed by atoms with van der Waals surface area (Å²) in [5.41, 5.74) is 0.226. The van der Waals surface area contributed by atoms with Crippen LogP contribution in [0.15, 0.2) is 63.3 Å². The highest BCUT2D eigenvalue weighted by Crippen LogP contribution is 2.29. The van der Waals surface area contributed by atoms with Crippen molar-refractivity contribution in [1.29, 1.82) is 0 Å². The number of carbonyl (C=O) groups is 2. The lowest BCUT2D eigenvalue weighted by molar-refractivity contribution is -0.384. The van der Waals surface area contributed by atoms with Gasteiger partial charge in [-0.1, -0.05) is 12.1 Å². The summed E-state index contributed by atoms with van der Waals surface area (Å²) in [5, 5.41) is 13.3. The van der Waals surface area contributed by atoms with Crippen LogP contribution in [0.4, 0.5) is 5.69 Å². The Morgan fingerprint density at radius 2 is 1.93 bits per heavy atom. The number of aliphatic imine (C=N–C) groups is 1. The fourth-order valence-corrected chi connectivity index (χ4v) is 4.11. The summed E-state index contributed by atoms with van der Waals surface area (Å²) in [6.45, 7) is 1.29. The van der Waals surface area contributed by atoms with E-state index in [-0.39, 0.29) is 32.3 Å². The maximum atomic E-state index is 12.4. The first-order valence-corrected chi connectivity index (χ1v) is 10.5. The molecular formula is C18H13N3O7S2. The molecule has 154 valence electrons. The lowest BCUT2D eigenvalue weighted by Crippen LogP contribution is -2.23. The third kappa shape index (κ3) is 5.10. The lowest BCUT2D eigenvalue weighted by atomic mass is 10.2. The first-order valence-electron chi connectivity index (χ1n) is 8.23. The Kier molecular flexibility index (Phi) is 5.99. The first-order chi connectivity index (χ1) is 14.1. The number of rotatable bonds is 5. The van der Waals surface area contributed by atoms with Gasteiger partial charge in [-0.3, -0.25) is 19.7 Å². The van der Waals surface area contributed by atoms with Crippen molar-refractivity contribution in [3.8, 4) is 5.75 Å². The first kappa shape index (κ1) is 21.2. The average molecular weight is 447 g/mol. The van der Waals surface area contributed by atoms with Crippen LogP contribution in [0, 0.1) is 10.1 Å². The molecule has 10 nitrogen and oxygen atoms in total. The van der Waals surface area contributed by atoms with Gasteiger partial charge < -0.3 is 9.50 Å². The highest BCUT2D eigenvalue weighted by atomic mass is 32.2. The number of amidine groups is 1. The van der Waals surface area contributed by atoms with Crippen molar-refractivity contribution in [3.63, 3.8) is 0 Å². The molecule has 3 rings (SSSR count). The Morgan fingerprint density at radius 3 is 2.57 bits per heavy atom. The van der Waals surface area contributed by atoms with Crippen molar-refractivity contribution >= 4 is 50.6 Å². The molecule has 12 heteroatoms. The van der Waals surface area contributed by atoms with Gasteiger partial charge >= 0.3 is 10.1 Å². The van der Waals surface area contributed by atoms with E-state index in [4.69, 9.17) is 4.18 Å². The van der Waals surface area contributed by atoms with Crippen molar-refractivity contribution in [2.45, 2.75) is 11.8 Å². The van der Waals surface area contributed by atoms with Crippen molar-refractivity contribution < 1.29 is 27.1 Å². The molecular weight excluding hydrogens is 434 g/mol. The van der Waals surface area contributed by atoms with Gasteiger partial charge in [0, 0.05) is 19.1 Å². The van der Waals surface area contributed by atoms with Crippen LogP contribution in [0.2, 0.25) is 0 Å². The van der Waals surface area contributed by atoms with Gasteiger partial charge in [-0.15, -0.1) is 0 Å². The third-order valence-corrected chi connectivity index (χ3v) is 5.76. The molecule has 2 aromatic rings. The predicted molar refractivity (Wildman–Crippen MR) is 109 cm³/mol. The van der Waals surface area contributed by atoms with Crippen LogP contribution in [0.5, 0.6) is 5.75 Å². The zero-order chi connectivity index (χ0) is 21.9. The monoisotopic (exact) mass is 447 g/mol. The molecule has 0 aliphatic carbocycles. The molecule has 0 unspecified atom stereocenters. The Bertz CT molecular complexity index is 1200. The van der Waals surface area contributed by atoms with E-state index in [1.165, 1.54) is 31.2 Å². The molecule has 1 N–H and O–H groups in total. The Morgan fingerprint density at radius 1 is 1.23 bits per heavy atom. The van der Waals surface area contributed by atoms with Gasteiger partial charge in [-0.25, -0.2) is 0 Å². The van der Waals surface area contributed by atoms with E-state index in [9.17, 15) is 28.1 Å². The van der Waals surface area contributed by atoms with E-state index in [0.717, 1.165) is 36.0 Å². The Hall–Kier alpha value is -3.51. The molecule has 0 saturated heterocycles. The molecule has 1 aliphatic heterocycles. The van der Waals surface area contributed by atoms with Crippen LogP contribution in [-0.4, -0.2) is 30.3 Å². The van der Waals surface area contributed by atoms with Crippen molar-refractivity contribution in [1.82, 2.24) is 5.32 Å². The minimum Gasteiger partial charge on any atom is -0.379 e. The second kappa shape index (κ2) is 8.47. The summed E-state index contributed by atoms with van der Waals surface area (Å²) >= 11 is 0.977. The largest absolute Gasteiger partial charge is 0.379 e. The molecule has 30 heavy (non-hydrogen) atoms. The van der Waals surface area contributed by atoms with Crippen molar-refractivity contribution in [2.75, 3.05) is 0 Å². The second-order valence-corrected chi connectivity index (χ2v) is 8.45. The maximum Gasteiger partial charge on any atom is 0.339 e. The lowest BCUT2D eigenvalue weighted by Gasteiger charge is -2.07. The second-order valence-electron chi connectivity index (χ2n) is 5.87. The quantitative estimate of drug-likeness (QED) is 0.318. The number of nitrogens with zero attached hydrogens (tertiary/aromatic N) is 2. The van der Waals surface area contributed by atoms with E-state index in [1.54, 1.807) is 6.07 Å². The van der Waals surface area contributed by atoms with Gasteiger partial charge in [-0.05, 0) is 47.7 Å². The molecule has 2 amide bonds. The van der Waals surface area contributed by atoms with E-state index in [1.807, 2.05) is 0 Å². The third-order valence-electron chi connectivity index (χ3n) is 3.60. The number of nitro groups is 1. The number of nitrogens with one attached hydrogen (secondary N) is 1. The summed E-state index contributed by atoms with van der Waals surface area (Å²) < 4.78 is 29.9. The maximum absolute atomic E-state index is 12.4. The van der Waals surface area contributed by atoms with Crippen molar-refractivity contribution in [2.24, 2.45) is 4.99 Å². The standard InChI is InChI=1S/C18H13N3O7S2/c1-11(22)19-18-20-17(23)16(29-18)10-12-3-2-4-14(9-12)28-30(26,27)15-7-5-13(6-8-15)21(24)25/h2-10H,1H3,(H,19,20,22,23)/b16-10-. The molecule has 0 fully saturated rings. The van der Waals surface area contributed by atoms with Gasteiger partial charge in [0.25, 0.3) is 11.6 Å². The number of thioether (sulfide) groups is 1. The summed E-state index contributed by atoms with van der Waals surface area (Å²) in [6, 6.07) is 10.3. The highest BCUT2D eigenvalue weighted by molar-refractivity contribution is 8.18. The topological polar surface area (TPSA) is 145 Å². The summed E-state index contributed by atoms with van der Waals surface area (Å²) in [5.74, 6) is -0.906. The summed E-state index contributed by atoms with van der Waals surface area (Å²) in [4.78, 5) is 36.8. The Labute approximate surface area is 174 Å². The molecule has 0 radical (unpaired) electrons. The average Bonchev–Trinajstić information content (AvgIpc) is 2.99. The van der Waals surface area contributed by atoms with Gasteiger partial charge in [0.05, 0.1) is 9.83 Å². The molecule has 0 aromatic heterocycles. The smallest absolute Gasteiger partial charge is 0.339 e. The van der Waals surface area contributed by atoms with E-state index in [0.29, 0.717) is 5.56 Å². The fourth-order valence-electron chi connectivity index (χ4n) is 2.33. The number of benzene rings is 2. The number of nitro benzene ring substituents is 1. The van der Waals surface area contributed by atoms with Gasteiger partial charge in [0.15, 0.2) is 5.17 Å². The summed E-state index contributed by atoms with van der Waals surface area (Å²) in [7, 11) is -4.22. The van der Waals surface area contributed by atoms with E-state index >= 15 is 0 Å². The van der Waals surface area contributed by atoms with Crippen LogP contribution in [-0.2, 0) is 19.7 Å². The van der Waals surface area contributed by atoms with Gasteiger partial charge in [-0.2, -0.15) is 13.4 Å². The zero-order valence-electron chi connectivity index (χ0n) is 15.3. The predicted octanol–water partition coefficient (Wildman–Crippen LogP) is 2.47. The molecule has 1 heterocycles. The molecule has 0 saturated carbocycles. The Balaban J connectivity index is 1.78. The molecule has 0 atom stereocenters. The van der Waals surface area contributed by atoms with Crippen LogP contribution in [0.1, 0.15) is 12.5 Å². The van der Waals surface area contributed by atoms with E-state index in [2.05, 4.69) is 10.3 Å². The van der Waals surface area contributed by atoms with Crippen molar-refractivity contribution in [3.05, 3.63) is 69.1 Å². The highest BCUT2D eigenvalue weighted by Gasteiger charge is 2.23. The van der Waals surface area contributed by atoms with Gasteiger partial charge in [0.2, 0.25) is 5.91 Å². The zero-order valence-corrected chi connectivity index (χ0v) is 16.9. The van der Waals surface area contributed by atoms with Crippen LogP contribution >= 0.6 is 11.8 Å². The normalized spacial score (nSPS) is 15.0. The van der Waals surface area contributed by atoms with Gasteiger partial charge in [0.1, 0.15) is 10.6 Å². The van der Waals surface area contributed by atoms with Crippen LogP contribution in [0.25, 0.3) is 6.08 Å². The SMILES string of the molecule is CC(=O)NC1=NC(=O)/C(=C/c2cccc(OS(=O)(=O)c3ccc([N+](=O)[O-])cc3)c2)S1. The van der Waals surface area contributed by atoms with E-state index < -0.39 is 20.9 Å². The molecule has 1 aliphatic rings. The number of carbonyl (C=O) groups excluding carboxylic acids is 2. The number of non-ortho nitro benzene ring substituents is 1.